The second kappa shape index (κ2) is 7.27. The maximum absolute atomic E-state index is 11.4. The molecule has 0 aliphatic heterocycles. The number of amides is 1. The van der Waals surface area contributed by atoms with Gasteiger partial charge in [-0.1, -0.05) is 24.3 Å². The summed E-state index contributed by atoms with van der Waals surface area (Å²) >= 11 is 0. The van der Waals surface area contributed by atoms with Crippen molar-refractivity contribution in [2.24, 2.45) is 0 Å². The van der Waals surface area contributed by atoms with Gasteiger partial charge < -0.3 is 9.73 Å². The van der Waals surface area contributed by atoms with Crippen LogP contribution >= 0.6 is 0 Å². The van der Waals surface area contributed by atoms with E-state index in [2.05, 4.69) is 41.4 Å². The first-order chi connectivity index (χ1) is 10.5. The molecule has 1 amide bonds. The third-order valence-electron chi connectivity index (χ3n) is 3.92. The summed E-state index contributed by atoms with van der Waals surface area (Å²) in [7, 11) is 3.71. The van der Waals surface area contributed by atoms with Crippen LogP contribution in [-0.4, -0.2) is 30.9 Å². The van der Waals surface area contributed by atoms with Gasteiger partial charge in [0, 0.05) is 31.6 Å². The topological polar surface area (TPSA) is 45.5 Å². The summed E-state index contributed by atoms with van der Waals surface area (Å²) in [6.45, 7) is 4.82. The van der Waals surface area contributed by atoms with Gasteiger partial charge in [0.15, 0.2) is 0 Å². The molecule has 1 heterocycles. The standard InChI is InChI=1S/C18H24N2O2/c1-13(11-18(21)19-3)20(4)12-15-6-8-16(9-7-15)17-10-5-14(2)22-17/h5-10,13H,11-12H2,1-4H3,(H,19,21)/t13-/m0/s1. The third kappa shape index (κ3) is 4.21. The minimum absolute atomic E-state index is 0.0721. The van der Waals surface area contributed by atoms with Gasteiger partial charge in [-0.15, -0.1) is 0 Å². The molecule has 0 aliphatic rings. The van der Waals surface area contributed by atoms with Gasteiger partial charge in [0.05, 0.1) is 0 Å². The Labute approximate surface area is 132 Å². The van der Waals surface area contributed by atoms with Crippen LogP contribution in [0.3, 0.4) is 0 Å². The minimum atomic E-state index is 0.0721. The zero-order chi connectivity index (χ0) is 16.1. The van der Waals surface area contributed by atoms with Gasteiger partial charge in [-0.25, -0.2) is 0 Å². The molecule has 2 rings (SSSR count). The predicted molar refractivity (Wildman–Crippen MR) is 88.5 cm³/mol. The SMILES string of the molecule is CNC(=O)C[C@H](C)N(C)Cc1ccc(-c2ccc(C)o2)cc1. The molecule has 4 heteroatoms. The third-order valence-corrected chi connectivity index (χ3v) is 3.92. The molecule has 2 aromatic rings. The van der Waals surface area contributed by atoms with Crippen LogP contribution in [0.4, 0.5) is 0 Å². The van der Waals surface area contributed by atoms with Crippen molar-refractivity contribution >= 4 is 5.91 Å². The van der Waals surface area contributed by atoms with Gasteiger partial charge >= 0.3 is 0 Å². The van der Waals surface area contributed by atoms with Gasteiger partial charge in [0.2, 0.25) is 5.91 Å². The summed E-state index contributed by atoms with van der Waals surface area (Å²) in [5, 5.41) is 2.67. The fourth-order valence-corrected chi connectivity index (χ4v) is 2.33. The van der Waals surface area contributed by atoms with Gasteiger partial charge in [0.1, 0.15) is 11.5 Å². The van der Waals surface area contributed by atoms with Crippen LogP contribution in [0.15, 0.2) is 40.8 Å². The normalized spacial score (nSPS) is 12.4. The van der Waals surface area contributed by atoms with Crippen molar-refractivity contribution in [2.45, 2.75) is 32.9 Å². The zero-order valence-corrected chi connectivity index (χ0v) is 13.7. The summed E-state index contributed by atoms with van der Waals surface area (Å²) in [6.07, 6.45) is 0.511. The first-order valence-electron chi connectivity index (χ1n) is 7.56. The second-order valence-electron chi connectivity index (χ2n) is 5.75. The summed E-state index contributed by atoms with van der Waals surface area (Å²) in [5.74, 6) is 1.88. The molecular weight excluding hydrogens is 276 g/mol. The molecule has 0 aliphatic carbocycles. The maximum Gasteiger partial charge on any atom is 0.221 e. The monoisotopic (exact) mass is 300 g/mol. The van der Waals surface area contributed by atoms with E-state index in [9.17, 15) is 4.79 Å². The van der Waals surface area contributed by atoms with E-state index in [1.807, 2.05) is 26.1 Å². The highest BCUT2D eigenvalue weighted by molar-refractivity contribution is 5.76. The molecule has 1 atom stereocenters. The number of nitrogens with zero attached hydrogens (tertiary/aromatic N) is 1. The fourth-order valence-electron chi connectivity index (χ4n) is 2.33. The van der Waals surface area contributed by atoms with Crippen molar-refractivity contribution in [3.05, 3.63) is 47.7 Å². The first-order valence-corrected chi connectivity index (χ1v) is 7.56. The molecule has 0 spiro atoms. The van der Waals surface area contributed by atoms with Crippen LogP contribution in [0.2, 0.25) is 0 Å². The van der Waals surface area contributed by atoms with Crippen molar-refractivity contribution < 1.29 is 9.21 Å². The Hall–Kier alpha value is -2.07. The minimum Gasteiger partial charge on any atom is -0.461 e. The lowest BCUT2D eigenvalue weighted by Gasteiger charge is -2.24. The Morgan fingerprint density at radius 3 is 2.45 bits per heavy atom. The van der Waals surface area contributed by atoms with Gasteiger partial charge in [0.25, 0.3) is 0 Å². The average Bonchev–Trinajstić information content (AvgIpc) is 2.94. The Morgan fingerprint density at radius 2 is 1.91 bits per heavy atom. The van der Waals surface area contributed by atoms with E-state index in [0.29, 0.717) is 6.42 Å². The second-order valence-corrected chi connectivity index (χ2v) is 5.75. The van der Waals surface area contributed by atoms with E-state index >= 15 is 0 Å². The van der Waals surface area contributed by atoms with E-state index in [0.717, 1.165) is 23.6 Å². The van der Waals surface area contributed by atoms with Crippen LogP contribution in [-0.2, 0) is 11.3 Å². The number of hydrogen-bond acceptors (Lipinski definition) is 3. The number of benzene rings is 1. The maximum atomic E-state index is 11.4. The number of aryl methyl sites for hydroxylation is 1. The molecule has 0 saturated carbocycles. The molecule has 0 fully saturated rings. The molecule has 118 valence electrons. The number of rotatable bonds is 6. The van der Waals surface area contributed by atoms with Crippen LogP contribution in [0, 0.1) is 6.92 Å². The first kappa shape index (κ1) is 16.3. The van der Waals surface area contributed by atoms with E-state index in [-0.39, 0.29) is 11.9 Å². The van der Waals surface area contributed by atoms with Gasteiger partial charge in [-0.05, 0) is 38.6 Å². The average molecular weight is 300 g/mol. The van der Waals surface area contributed by atoms with E-state index in [4.69, 9.17) is 4.42 Å². The molecule has 4 nitrogen and oxygen atoms in total. The Bertz CT molecular complexity index is 616. The summed E-state index contributed by atoms with van der Waals surface area (Å²) in [4.78, 5) is 13.6. The van der Waals surface area contributed by atoms with Crippen molar-refractivity contribution in [3.63, 3.8) is 0 Å². The smallest absolute Gasteiger partial charge is 0.221 e. The predicted octanol–water partition coefficient (Wildman–Crippen LogP) is 3.21. The van der Waals surface area contributed by atoms with E-state index in [1.165, 1.54) is 5.56 Å². The van der Waals surface area contributed by atoms with Gasteiger partial charge in [-0.2, -0.15) is 0 Å². The largest absolute Gasteiger partial charge is 0.461 e. The van der Waals surface area contributed by atoms with Crippen LogP contribution < -0.4 is 5.32 Å². The highest BCUT2D eigenvalue weighted by Crippen LogP contribution is 2.22. The number of carbonyl (C=O) groups excluding carboxylic acids is 1. The molecular formula is C18H24N2O2. The Kier molecular flexibility index (Phi) is 5.39. The van der Waals surface area contributed by atoms with Crippen molar-refractivity contribution in [3.8, 4) is 11.3 Å². The highest BCUT2D eigenvalue weighted by atomic mass is 16.3. The Balaban J connectivity index is 1.97. The highest BCUT2D eigenvalue weighted by Gasteiger charge is 2.13. The molecule has 0 saturated heterocycles. The summed E-state index contributed by atoms with van der Waals surface area (Å²) in [5.41, 5.74) is 2.30. The van der Waals surface area contributed by atoms with Gasteiger partial charge in [-0.3, -0.25) is 9.69 Å². The lowest BCUT2D eigenvalue weighted by molar-refractivity contribution is -0.121. The van der Waals surface area contributed by atoms with Crippen LogP contribution in [0.1, 0.15) is 24.7 Å². The lowest BCUT2D eigenvalue weighted by atomic mass is 10.1. The fraction of sp³-hybridized carbons (Fsp3) is 0.389. The van der Waals surface area contributed by atoms with E-state index in [1.54, 1.807) is 7.05 Å². The molecule has 1 N–H and O–H groups in total. The molecule has 1 aromatic heterocycles. The summed E-state index contributed by atoms with van der Waals surface area (Å²) < 4.78 is 5.63. The Morgan fingerprint density at radius 1 is 1.23 bits per heavy atom. The van der Waals surface area contributed by atoms with Crippen molar-refractivity contribution in [2.75, 3.05) is 14.1 Å². The van der Waals surface area contributed by atoms with Crippen molar-refractivity contribution in [1.82, 2.24) is 10.2 Å². The lowest BCUT2D eigenvalue weighted by Crippen LogP contribution is -2.33. The summed E-state index contributed by atoms with van der Waals surface area (Å²) in [6, 6.07) is 12.5. The quantitative estimate of drug-likeness (QED) is 0.891. The molecule has 0 unspecified atom stereocenters. The van der Waals surface area contributed by atoms with E-state index < -0.39 is 0 Å². The molecule has 22 heavy (non-hydrogen) atoms. The molecule has 0 bridgehead atoms. The van der Waals surface area contributed by atoms with Crippen molar-refractivity contribution in [1.29, 1.82) is 0 Å². The number of furan rings is 1. The zero-order valence-electron chi connectivity index (χ0n) is 13.7. The molecule has 0 radical (unpaired) electrons. The molecule has 1 aromatic carbocycles. The number of carbonyl (C=O) groups is 1. The van der Waals surface area contributed by atoms with Crippen LogP contribution in [0.25, 0.3) is 11.3 Å². The number of hydrogen-bond donors (Lipinski definition) is 1. The van der Waals surface area contributed by atoms with Crippen LogP contribution in [0.5, 0.6) is 0 Å². The number of nitrogens with one attached hydrogen (secondary N) is 1.